The van der Waals surface area contributed by atoms with Crippen LogP contribution in [0.1, 0.15) is 11.1 Å². The predicted molar refractivity (Wildman–Crippen MR) is 76.6 cm³/mol. The van der Waals surface area contributed by atoms with Crippen molar-refractivity contribution in [3.63, 3.8) is 0 Å². The number of nitrogens with zero attached hydrogens (tertiary/aromatic N) is 1. The number of nitrogens with two attached hydrogens (primary N) is 1. The molecule has 0 unspecified atom stereocenters. The number of para-hydroxylation sites is 2. The number of nitrogens with one attached hydrogen (secondary N) is 1. The van der Waals surface area contributed by atoms with Crippen molar-refractivity contribution in [1.29, 1.82) is 5.26 Å². The molecule has 0 atom stereocenters. The predicted octanol–water partition coefficient (Wildman–Crippen LogP) is 3.20. The van der Waals surface area contributed by atoms with Crippen molar-refractivity contribution < 1.29 is 4.74 Å². The second-order valence-electron chi connectivity index (χ2n) is 4.16. The van der Waals surface area contributed by atoms with E-state index < -0.39 is 0 Å². The summed E-state index contributed by atoms with van der Waals surface area (Å²) in [5.41, 5.74) is 9.55. The van der Waals surface area contributed by atoms with E-state index in [4.69, 9.17) is 10.5 Å². The number of hydrogen-bond donors (Lipinski definition) is 2. The first-order chi connectivity index (χ1) is 9.17. The van der Waals surface area contributed by atoms with Gasteiger partial charge in [-0.3, -0.25) is 0 Å². The molecule has 0 amide bonds. The summed E-state index contributed by atoms with van der Waals surface area (Å²) in [6.45, 7) is 1.96. The molecule has 2 aromatic carbocycles. The highest BCUT2D eigenvalue weighted by molar-refractivity contribution is 5.80. The third kappa shape index (κ3) is 2.45. The second kappa shape index (κ2) is 5.32. The summed E-state index contributed by atoms with van der Waals surface area (Å²) in [6.07, 6.45) is 0. The van der Waals surface area contributed by atoms with Crippen LogP contribution in [-0.4, -0.2) is 7.11 Å². The summed E-state index contributed by atoms with van der Waals surface area (Å²) >= 11 is 0. The SMILES string of the molecule is COc1cccc(C#N)c1Nc1c(C)cccc1N. The van der Waals surface area contributed by atoms with Gasteiger partial charge in [-0.25, -0.2) is 0 Å². The van der Waals surface area contributed by atoms with Gasteiger partial charge in [-0.15, -0.1) is 0 Å². The Labute approximate surface area is 112 Å². The van der Waals surface area contributed by atoms with E-state index in [1.807, 2.05) is 25.1 Å². The number of ether oxygens (including phenoxy) is 1. The van der Waals surface area contributed by atoms with Gasteiger partial charge in [0.05, 0.1) is 29.7 Å². The van der Waals surface area contributed by atoms with E-state index in [0.29, 0.717) is 22.7 Å². The molecule has 19 heavy (non-hydrogen) atoms. The van der Waals surface area contributed by atoms with Gasteiger partial charge in [0.25, 0.3) is 0 Å². The third-order valence-corrected chi connectivity index (χ3v) is 2.92. The molecule has 2 aromatic rings. The molecule has 0 saturated carbocycles. The summed E-state index contributed by atoms with van der Waals surface area (Å²) in [7, 11) is 1.57. The Morgan fingerprint density at radius 3 is 2.53 bits per heavy atom. The third-order valence-electron chi connectivity index (χ3n) is 2.92. The summed E-state index contributed by atoms with van der Waals surface area (Å²) < 4.78 is 5.29. The van der Waals surface area contributed by atoms with E-state index in [0.717, 1.165) is 11.3 Å². The maximum absolute atomic E-state index is 9.18. The molecule has 0 radical (unpaired) electrons. The van der Waals surface area contributed by atoms with E-state index in [1.165, 1.54) is 0 Å². The first kappa shape index (κ1) is 12.8. The van der Waals surface area contributed by atoms with Gasteiger partial charge < -0.3 is 15.8 Å². The van der Waals surface area contributed by atoms with Crippen LogP contribution in [-0.2, 0) is 0 Å². The Hall–Kier alpha value is -2.67. The van der Waals surface area contributed by atoms with Crippen molar-refractivity contribution >= 4 is 17.1 Å². The molecule has 96 valence electrons. The van der Waals surface area contributed by atoms with Crippen molar-refractivity contribution in [3.8, 4) is 11.8 Å². The van der Waals surface area contributed by atoms with E-state index in [1.54, 1.807) is 25.3 Å². The van der Waals surface area contributed by atoms with E-state index >= 15 is 0 Å². The molecule has 0 aromatic heterocycles. The topological polar surface area (TPSA) is 71.1 Å². The fourth-order valence-electron chi connectivity index (χ4n) is 1.91. The first-order valence-corrected chi connectivity index (χ1v) is 5.86. The molecule has 0 spiro atoms. The number of aryl methyl sites for hydroxylation is 1. The monoisotopic (exact) mass is 253 g/mol. The summed E-state index contributed by atoms with van der Waals surface area (Å²) in [5, 5.41) is 12.4. The second-order valence-corrected chi connectivity index (χ2v) is 4.16. The van der Waals surface area contributed by atoms with Crippen molar-refractivity contribution in [3.05, 3.63) is 47.5 Å². The Morgan fingerprint density at radius 1 is 1.16 bits per heavy atom. The maximum Gasteiger partial charge on any atom is 0.143 e. The van der Waals surface area contributed by atoms with Crippen LogP contribution in [0.3, 0.4) is 0 Å². The van der Waals surface area contributed by atoms with Gasteiger partial charge in [0.2, 0.25) is 0 Å². The maximum atomic E-state index is 9.18. The van der Waals surface area contributed by atoms with Crippen molar-refractivity contribution in [2.75, 3.05) is 18.2 Å². The number of hydrogen-bond acceptors (Lipinski definition) is 4. The standard InChI is InChI=1S/C15H15N3O/c1-10-5-3-7-12(17)14(10)18-15-11(9-16)6-4-8-13(15)19-2/h3-8,18H,17H2,1-2H3. The number of methoxy groups -OCH3 is 1. The molecule has 3 N–H and O–H groups in total. The highest BCUT2D eigenvalue weighted by Gasteiger charge is 2.11. The average molecular weight is 253 g/mol. The van der Waals surface area contributed by atoms with Crippen LogP contribution < -0.4 is 15.8 Å². The van der Waals surface area contributed by atoms with Crippen LogP contribution in [0.2, 0.25) is 0 Å². The summed E-state index contributed by atoms with van der Waals surface area (Å²) in [6, 6.07) is 13.1. The van der Waals surface area contributed by atoms with Gasteiger partial charge in [0, 0.05) is 0 Å². The Bertz CT molecular complexity index is 624. The lowest BCUT2D eigenvalue weighted by Gasteiger charge is -2.16. The number of anilines is 3. The highest BCUT2D eigenvalue weighted by Crippen LogP contribution is 2.34. The molecule has 4 heteroatoms. The summed E-state index contributed by atoms with van der Waals surface area (Å²) in [5.74, 6) is 0.613. The molecule has 0 aliphatic carbocycles. The lowest BCUT2D eigenvalue weighted by molar-refractivity contribution is 0.416. The molecule has 0 bridgehead atoms. The molecule has 0 aliphatic heterocycles. The van der Waals surface area contributed by atoms with Crippen molar-refractivity contribution in [1.82, 2.24) is 0 Å². The number of rotatable bonds is 3. The van der Waals surface area contributed by atoms with E-state index in [2.05, 4.69) is 11.4 Å². The van der Waals surface area contributed by atoms with Crippen LogP contribution in [0.15, 0.2) is 36.4 Å². The quantitative estimate of drug-likeness (QED) is 0.824. The number of benzene rings is 2. The van der Waals surface area contributed by atoms with Gasteiger partial charge in [0.15, 0.2) is 0 Å². The fourth-order valence-corrected chi connectivity index (χ4v) is 1.91. The molecule has 4 nitrogen and oxygen atoms in total. The number of nitriles is 1. The van der Waals surface area contributed by atoms with Gasteiger partial charge in [-0.05, 0) is 30.7 Å². The summed E-state index contributed by atoms with van der Waals surface area (Å²) in [4.78, 5) is 0. The average Bonchev–Trinajstić information content (AvgIpc) is 2.42. The Morgan fingerprint density at radius 2 is 1.89 bits per heavy atom. The highest BCUT2D eigenvalue weighted by atomic mass is 16.5. The lowest BCUT2D eigenvalue weighted by atomic mass is 10.1. The van der Waals surface area contributed by atoms with Gasteiger partial charge in [-0.1, -0.05) is 18.2 Å². The van der Waals surface area contributed by atoms with Gasteiger partial charge >= 0.3 is 0 Å². The van der Waals surface area contributed by atoms with Gasteiger partial charge in [0.1, 0.15) is 11.8 Å². The molecule has 0 saturated heterocycles. The van der Waals surface area contributed by atoms with E-state index in [9.17, 15) is 5.26 Å². The normalized spacial score (nSPS) is 9.74. The largest absolute Gasteiger partial charge is 0.495 e. The molecule has 2 rings (SSSR count). The van der Waals surface area contributed by atoms with Crippen LogP contribution >= 0.6 is 0 Å². The zero-order chi connectivity index (χ0) is 13.8. The zero-order valence-corrected chi connectivity index (χ0v) is 10.9. The van der Waals surface area contributed by atoms with Crippen LogP contribution in [0, 0.1) is 18.3 Å². The van der Waals surface area contributed by atoms with E-state index in [-0.39, 0.29) is 0 Å². The molecule has 0 aliphatic rings. The Kier molecular flexibility index (Phi) is 3.58. The molecule has 0 fully saturated rings. The van der Waals surface area contributed by atoms with Crippen LogP contribution in [0.5, 0.6) is 5.75 Å². The van der Waals surface area contributed by atoms with Crippen LogP contribution in [0.4, 0.5) is 17.1 Å². The molecular weight excluding hydrogens is 238 g/mol. The Balaban J connectivity index is 2.52. The molecule has 0 heterocycles. The minimum Gasteiger partial charge on any atom is -0.495 e. The minimum atomic E-state index is 0.516. The lowest BCUT2D eigenvalue weighted by Crippen LogP contribution is -2.02. The fraction of sp³-hybridized carbons (Fsp3) is 0.133. The first-order valence-electron chi connectivity index (χ1n) is 5.86. The van der Waals surface area contributed by atoms with Crippen molar-refractivity contribution in [2.45, 2.75) is 6.92 Å². The van der Waals surface area contributed by atoms with Gasteiger partial charge in [-0.2, -0.15) is 5.26 Å². The minimum absolute atomic E-state index is 0.516. The molecular formula is C15H15N3O. The zero-order valence-electron chi connectivity index (χ0n) is 10.9. The smallest absolute Gasteiger partial charge is 0.143 e. The number of nitrogen functional groups attached to an aromatic ring is 1. The van der Waals surface area contributed by atoms with Crippen LogP contribution in [0.25, 0.3) is 0 Å². The van der Waals surface area contributed by atoms with Crippen molar-refractivity contribution in [2.24, 2.45) is 0 Å².